The van der Waals surface area contributed by atoms with Gasteiger partial charge in [-0.2, -0.15) is 0 Å². The van der Waals surface area contributed by atoms with Gasteiger partial charge in [-0.1, -0.05) is 0 Å². The number of ether oxygens (including phenoxy) is 1. The molecule has 16 heavy (non-hydrogen) atoms. The van der Waals surface area contributed by atoms with Gasteiger partial charge in [-0.25, -0.2) is 10.3 Å². The molecule has 1 heterocycles. The number of carbonyl (C=O) groups excluding carboxylic acids is 1. The molecular weight excluding hydrogens is 222 g/mol. The van der Waals surface area contributed by atoms with Crippen LogP contribution in [0.1, 0.15) is 6.92 Å². The molecule has 1 rings (SSSR count). The van der Waals surface area contributed by atoms with E-state index < -0.39 is 43.2 Å². The maximum Gasteiger partial charge on any atom is 0.240 e. The molecule has 5 atom stereocenters. The van der Waals surface area contributed by atoms with Gasteiger partial charge in [-0.15, -0.1) is 0 Å². The van der Waals surface area contributed by atoms with Crippen LogP contribution in [0.3, 0.4) is 0 Å². The Morgan fingerprint density at radius 3 is 2.44 bits per heavy atom. The predicted molar refractivity (Wildman–Crippen MR) is 48.7 cm³/mol. The zero-order valence-electron chi connectivity index (χ0n) is 8.61. The highest BCUT2D eigenvalue weighted by Gasteiger charge is 2.44. The van der Waals surface area contributed by atoms with Gasteiger partial charge < -0.3 is 25.2 Å². The summed E-state index contributed by atoms with van der Waals surface area (Å²) >= 11 is 0. The summed E-state index contributed by atoms with van der Waals surface area (Å²) in [5.74, 6) is -0.517. The molecule has 0 radical (unpaired) electrons. The molecule has 0 aromatic carbocycles. The third-order valence-corrected chi connectivity index (χ3v) is 2.17. The van der Waals surface area contributed by atoms with E-state index >= 15 is 0 Å². The van der Waals surface area contributed by atoms with E-state index in [1.165, 1.54) is 6.92 Å². The van der Waals surface area contributed by atoms with E-state index in [0.717, 1.165) is 0 Å². The minimum atomic E-state index is -1.52. The molecule has 5 N–H and O–H groups in total. The summed E-state index contributed by atoms with van der Waals surface area (Å²) in [5, 5.41) is 37.0. The zero-order valence-corrected chi connectivity index (χ0v) is 8.61. The molecule has 1 fully saturated rings. The third kappa shape index (κ3) is 2.88. The van der Waals surface area contributed by atoms with Crippen LogP contribution in [-0.4, -0.2) is 63.6 Å². The van der Waals surface area contributed by atoms with Crippen molar-refractivity contribution in [1.82, 2.24) is 5.48 Å². The van der Waals surface area contributed by atoms with E-state index in [0.29, 0.717) is 0 Å². The molecule has 8 heteroatoms. The SMILES string of the molecule is CC(=O)NOC1O[C@H](CO)[C@@H](O)[C@H](O)[C@H]1O. The van der Waals surface area contributed by atoms with Crippen LogP contribution in [-0.2, 0) is 14.4 Å². The lowest BCUT2D eigenvalue weighted by Gasteiger charge is -2.38. The predicted octanol–water partition coefficient (Wildman–Crippen LogP) is -3.15. The molecule has 94 valence electrons. The molecule has 1 amide bonds. The minimum Gasteiger partial charge on any atom is -0.394 e. The Labute approximate surface area is 91.4 Å². The van der Waals surface area contributed by atoms with E-state index in [1.807, 2.05) is 5.48 Å². The summed E-state index contributed by atoms with van der Waals surface area (Å²) in [6.07, 6.45) is -6.90. The summed E-state index contributed by atoms with van der Waals surface area (Å²) in [6, 6.07) is 0. The third-order valence-electron chi connectivity index (χ3n) is 2.17. The number of aliphatic hydroxyl groups is 4. The van der Waals surface area contributed by atoms with Crippen molar-refractivity contribution in [3.05, 3.63) is 0 Å². The van der Waals surface area contributed by atoms with Crippen molar-refractivity contribution >= 4 is 5.91 Å². The second kappa shape index (κ2) is 5.53. The molecule has 1 aliphatic rings. The van der Waals surface area contributed by atoms with Gasteiger partial charge in [0.1, 0.15) is 24.4 Å². The van der Waals surface area contributed by atoms with Crippen LogP contribution in [0.25, 0.3) is 0 Å². The van der Waals surface area contributed by atoms with E-state index in [-0.39, 0.29) is 0 Å². The summed E-state index contributed by atoms with van der Waals surface area (Å²) in [6.45, 7) is 0.634. The lowest BCUT2D eigenvalue weighted by Crippen LogP contribution is -2.60. The van der Waals surface area contributed by atoms with Crippen LogP contribution in [0.5, 0.6) is 0 Å². The molecule has 0 aromatic rings. The number of hydrogen-bond donors (Lipinski definition) is 5. The number of hydroxylamine groups is 1. The topological polar surface area (TPSA) is 128 Å². The Morgan fingerprint density at radius 1 is 1.31 bits per heavy atom. The Kier molecular flexibility index (Phi) is 4.59. The molecule has 1 aliphatic heterocycles. The van der Waals surface area contributed by atoms with Crippen molar-refractivity contribution in [2.75, 3.05) is 6.61 Å². The fraction of sp³-hybridized carbons (Fsp3) is 0.875. The van der Waals surface area contributed by atoms with Crippen molar-refractivity contribution < 1.29 is 34.8 Å². The van der Waals surface area contributed by atoms with Gasteiger partial charge in [-0.05, 0) is 0 Å². The standard InChI is InChI=1S/C8H15NO7/c1-3(11)9-16-8-7(14)6(13)5(12)4(2-10)15-8/h4-8,10,12-14H,2H2,1H3,(H,9,11)/t4-,5-,6+,7-,8?/m1/s1. The highest BCUT2D eigenvalue weighted by atomic mass is 16.8. The molecule has 0 spiro atoms. The molecule has 0 aliphatic carbocycles. The van der Waals surface area contributed by atoms with Crippen molar-refractivity contribution in [2.24, 2.45) is 0 Å². The minimum absolute atomic E-state index is 0.517. The van der Waals surface area contributed by atoms with Crippen molar-refractivity contribution in [3.8, 4) is 0 Å². The van der Waals surface area contributed by atoms with Gasteiger partial charge in [-0.3, -0.25) is 4.79 Å². The Morgan fingerprint density at radius 2 is 1.94 bits per heavy atom. The molecule has 0 saturated carbocycles. The largest absolute Gasteiger partial charge is 0.394 e. The first-order chi connectivity index (χ1) is 7.47. The molecular formula is C8H15NO7. The second-order valence-corrected chi connectivity index (χ2v) is 3.47. The summed E-state index contributed by atoms with van der Waals surface area (Å²) in [7, 11) is 0. The van der Waals surface area contributed by atoms with E-state index in [9.17, 15) is 20.1 Å². The van der Waals surface area contributed by atoms with Gasteiger partial charge in [0, 0.05) is 6.92 Å². The zero-order chi connectivity index (χ0) is 12.3. The number of nitrogens with one attached hydrogen (secondary N) is 1. The normalized spacial score (nSPS) is 39.4. The average molecular weight is 237 g/mol. The van der Waals surface area contributed by atoms with Crippen molar-refractivity contribution in [1.29, 1.82) is 0 Å². The molecule has 8 nitrogen and oxygen atoms in total. The van der Waals surface area contributed by atoms with Crippen LogP contribution < -0.4 is 5.48 Å². The van der Waals surface area contributed by atoms with E-state index in [2.05, 4.69) is 4.84 Å². The molecule has 1 unspecified atom stereocenters. The first-order valence-corrected chi connectivity index (χ1v) is 4.70. The van der Waals surface area contributed by atoms with Crippen LogP contribution >= 0.6 is 0 Å². The van der Waals surface area contributed by atoms with Gasteiger partial charge in [0.05, 0.1) is 6.61 Å². The highest BCUT2D eigenvalue weighted by Crippen LogP contribution is 2.21. The number of rotatable bonds is 3. The summed E-state index contributed by atoms with van der Waals surface area (Å²) in [5.41, 5.74) is 1.93. The van der Waals surface area contributed by atoms with Crippen LogP contribution in [0, 0.1) is 0 Å². The van der Waals surface area contributed by atoms with Crippen LogP contribution in [0.2, 0.25) is 0 Å². The number of amides is 1. The van der Waals surface area contributed by atoms with E-state index in [4.69, 9.17) is 9.84 Å². The second-order valence-electron chi connectivity index (χ2n) is 3.47. The van der Waals surface area contributed by atoms with Gasteiger partial charge >= 0.3 is 0 Å². The lowest BCUT2D eigenvalue weighted by atomic mass is 9.99. The summed E-state index contributed by atoms with van der Waals surface area (Å²) in [4.78, 5) is 15.2. The summed E-state index contributed by atoms with van der Waals surface area (Å²) < 4.78 is 4.93. The first kappa shape index (κ1) is 13.3. The fourth-order valence-corrected chi connectivity index (χ4v) is 1.31. The van der Waals surface area contributed by atoms with Gasteiger partial charge in [0.25, 0.3) is 0 Å². The van der Waals surface area contributed by atoms with Gasteiger partial charge in [0.15, 0.2) is 0 Å². The van der Waals surface area contributed by atoms with Gasteiger partial charge in [0.2, 0.25) is 12.2 Å². The first-order valence-electron chi connectivity index (χ1n) is 4.70. The Bertz CT molecular complexity index is 247. The smallest absolute Gasteiger partial charge is 0.240 e. The van der Waals surface area contributed by atoms with Crippen LogP contribution in [0.15, 0.2) is 0 Å². The Hall–Kier alpha value is -0.770. The van der Waals surface area contributed by atoms with Crippen LogP contribution in [0.4, 0.5) is 0 Å². The maximum absolute atomic E-state index is 10.6. The molecule has 0 aromatic heterocycles. The fourth-order valence-electron chi connectivity index (χ4n) is 1.31. The average Bonchev–Trinajstić information content (AvgIpc) is 2.25. The maximum atomic E-state index is 10.6. The lowest BCUT2D eigenvalue weighted by molar-refractivity contribution is -0.313. The number of carbonyl (C=O) groups is 1. The monoisotopic (exact) mass is 237 g/mol. The van der Waals surface area contributed by atoms with E-state index in [1.54, 1.807) is 0 Å². The quantitative estimate of drug-likeness (QED) is 0.328. The molecule has 0 bridgehead atoms. The molecule has 1 saturated heterocycles. The van der Waals surface area contributed by atoms with Crippen molar-refractivity contribution in [2.45, 2.75) is 37.6 Å². The highest BCUT2D eigenvalue weighted by molar-refractivity contribution is 5.71. The number of hydrogen-bond acceptors (Lipinski definition) is 7. The number of aliphatic hydroxyl groups excluding tert-OH is 4. The Balaban J connectivity index is 2.60. The van der Waals surface area contributed by atoms with Crippen molar-refractivity contribution in [3.63, 3.8) is 0 Å².